The molecule has 5 nitrogen and oxygen atoms in total. The van der Waals surface area contributed by atoms with Crippen LogP contribution in [-0.4, -0.2) is 21.0 Å². The molecule has 40 heavy (non-hydrogen) atoms. The quantitative estimate of drug-likeness (QED) is 0.163. The van der Waals surface area contributed by atoms with E-state index in [0.29, 0.717) is 0 Å². The van der Waals surface area contributed by atoms with Gasteiger partial charge in [0.05, 0.1) is 22.5 Å². The van der Waals surface area contributed by atoms with Gasteiger partial charge in [0.1, 0.15) is 0 Å². The van der Waals surface area contributed by atoms with Crippen molar-refractivity contribution in [2.24, 2.45) is 0 Å². The Morgan fingerprint density at radius 1 is 0.600 bits per heavy atom. The third-order valence-electron chi connectivity index (χ3n) is 6.95. The fraction of sp³-hybridized carbons (Fsp3) is 0. The van der Waals surface area contributed by atoms with Gasteiger partial charge in [-0.1, -0.05) is 66.7 Å². The fourth-order valence-corrected chi connectivity index (χ4v) is 4.94. The number of hydrogen-bond acceptors (Lipinski definition) is 4. The lowest BCUT2D eigenvalue weighted by Crippen LogP contribution is -2.09. The molecule has 0 amide bonds. The second kappa shape index (κ2) is 10.7. The predicted octanol–water partition coefficient (Wildman–Crippen LogP) is 8.11. The summed E-state index contributed by atoms with van der Waals surface area (Å²) < 4.78 is 2.29. The van der Waals surface area contributed by atoms with Crippen LogP contribution in [0.15, 0.2) is 140 Å². The molecule has 4 aromatic carbocycles. The summed E-state index contributed by atoms with van der Waals surface area (Å²) in [4.78, 5) is 4.05. The Balaban J connectivity index is 0.000000187. The van der Waals surface area contributed by atoms with Gasteiger partial charge in [-0.3, -0.25) is 15.8 Å². The van der Waals surface area contributed by atoms with Crippen LogP contribution >= 0.6 is 0 Å². The number of anilines is 1. The van der Waals surface area contributed by atoms with Crippen LogP contribution in [0.4, 0.5) is 5.69 Å². The molecule has 192 valence electrons. The van der Waals surface area contributed by atoms with Gasteiger partial charge in [-0.2, -0.15) is 0 Å². The van der Waals surface area contributed by atoms with Crippen LogP contribution in [0.1, 0.15) is 5.56 Å². The van der Waals surface area contributed by atoms with E-state index in [2.05, 4.69) is 76.3 Å². The largest absolute Gasteiger partial charge is 0.399 e. The minimum atomic E-state index is 0.249. The van der Waals surface area contributed by atoms with Gasteiger partial charge in [0.2, 0.25) is 0 Å². The van der Waals surface area contributed by atoms with Crippen molar-refractivity contribution in [3.63, 3.8) is 0 Å². The summed E-state index contributed by atoms with van der Waals surface area (Å²) in [5.74, 6) is 0. The van der Waals surface area contributed by atoms with Crippen LogP contribution in [0.3, 0.4) is 0 Å². The van der Waals surface area contributed by atoms with Gasteiger partial charge in [0.15, 0.2) is 0 Å². The highest BCUT2D eigenvalue weighted by Gasteiger charge is 2.14. The Morgan fingerprint density at radius 3 is 2.08 bits per heavy atom. The molecule has 7 rings (SSSR count). The average molecular weight is 518 g/mol. The molecule has 4 N–H and O–H groups in total. The number of nitrogens with zero attached hydrogens (tertiary/aromatic N) is 2. The first-order valence-electron chi connectivity index (χ1n) is 13.0. The molecule has 0 saturated heterocycles. The van der Waals surface area contributed by atoms with Crippen LogP contribution in [0.2, 0.25) is 0 Å². The first kappa shape index (κ1) is 24.8. The molecule has 1 aliphatic rings. The molecule has 0 fully saturated rings. The Kier molecular flexibility index (Phi) is 6.61. The monoisotopic (exact) mass is 517 g/mol. The minimum absolute atomic E-state index is 0.249. The molecule has 0 spiro atoms. The summed E-state index contributed by atoms with van der Waals surface area (Å²) in [5.41, 5.74) is 14.6. The van der Waals surface area contributed by atoms with Crippen LogP contribution in [-0.2, 0) is 0 Å². The van der Waals surface area contributed by atoms with Gasteiger partial charge in [0.25, 0.3) is 0 Å². The molecule has 5 heteroatoms. The lowest BCUT2D eigenvalue weighted by molar-refractivity contribution is 1.18. The number of nitrogens with two attached hydrogens (primary N) is 1. The van der Waals surface area contributed by atoms with Crippen molar-refractivity contribution >= 4 is 44.5 Å². The lowest BCUT2D eigenvalue weighted by atomic mass is 9.96. The highest BCUT2D eigenvalue weighted by molar-refractivity contribution is 6.50. The molecular weight excluding hydrogens is 490 g/mol. The van der Waals surface area contributed by atoms with Crippen molar-refractivity contribution in [2.45, 2.75) is 0 Å². The van der Waals surface area contributed by atoms with Crippen molar-refractivity contribution in [3.8, 4) is 16.8 Å². The summed E-state index contributed by atoms with van der Waals surface area (Å²) in [6, 6.07) is 37.0. The molecule has 0 saturated carbocycles. The molecule has 2 heterocycles. The standard InChI is InChI=1S/C24H17N3.C11H10N2/c25-21-12-10-17(15-22(21)26)16-11-13-24-20(14-16)19-8-4-5-9-23(19)27(24)18-6-2-1-3-7-18;12-11-5-3-9(4-6-11)10-2-1-7-13-8-10/h1-15,25-26H;1-8H,12H2. The van der Waals surface area contributed by atoms with E-state index < -0.39 is 0 Å². The lowest BCUT2D eigenvalue weighted by Gasteiger charge is -2.10. The van der Waals surface area contributed by atoms with E-state index in [0.717, 1.165) is 39.2 Å². The number of hydrogen-bond donors (Lipinski definition) is 3. The maximum absolute atomic E-state index is 7.93. The van der Waals surface area contributed by atoms with Crippen molar-refractivity contribution < 1.29 is 0 Å². The number of fused-ring (bicyclic) bond motifs is 3. The van der Waals surface area contributed by atoms with E-state index in [-0.39, 0.29) is 11.4 Å². The molecule has 0 radical (unpaired) electrons. The molecular formula is C35H27N5. The summed E-state index contributed by atoms with van der Waals surface area (Å²) in [7, 11) is 0. The SMILES string of the molecule is N=C1C=CC(c2ccc3c(c2)c2ccccc2n3-c2ccccc2)=CC1=N.Nc1ccc(-c2cccnc2)cc1. The minimum Gasteiger partial charge on any atom is -0.399 e. The number of aromatic nitrogens is 2. The Hall–Kier alpha value is -5.55. The molecule has 0 bridgehead atoms. The van der Waals surface area contributed by atoms with Gasteiger partial charge in [0, 0.05) is 34.5 Å². The zero-order chi connectivity index (χ0) is 27.5. The molecule has 0 unspecified atom stereocenters. The Morgan fingerprint density at radius 2 is 1.32 bits per heavy atom. The molecule has 2 aromatic heterocycles. The Bertz CT molecular complexity index is 1910. The van der Waals surface area contributed by atoms with Gasteiger partial charge >= 0.3 is 0 Å². The molecule has 0 aliphatic heterocycles. The maximum atomic E-state index is 7.93. The normalized spacial score (nSPS) is 12.8. The van der Waals surface area contributed by atoms with Crippen LogP contribution in [0.5, 0.6) is 0 Å². The van der Waals surface area contributed by atoms with E-state index in [1.807, 2.05) is 54.7 Å². The van der Waals surface area contributed by atoms with Gasteiger partial charge in [-0.05, 0) is 82.9 Å². The molecule has 6 aromatic rings. The van der Waals surface area contributed by atoms with Crippen molar-refractivity contribution in [1.82, 2.24) is 9.55 Å². The van der Waals surface area contributed by atoms with E-state index in [9.17, 15) is 0 Å². The number of benzene rings is 4. The predicted molar refractivity (Wildman–Crippen MR) is 167 cm³/mol. The zero-order valence-electron chi connectivity index (χ0n) is 21.8. The number of para-hydroxylation sites is 2. The van der Waals surface area contributed by atoms with Crippen LogP contribution in [0.25, 0.3) is 44.2 Å². The summed E-state index contributed by atoms with van der Waals surface area (Å²) >= 11 is 0. The summed E-state index contributed by atoms with van der Waals surface area (Å²) in [5, 5.41) is 18.1. The van der Waals surface area contributed by atoms with E-state index in [1.165, 1.54) is 16.3 Å². The van der Waals surface area contributed by atoms with E-state index in [4.69, 9.17) is 16.6 Å². The molecule has 0 atom stereocenters. The third kappa shape index (κ3) is 4.84. The topological polar surface area (TPSA) is 91.5 Å². The highest BCUT2D eigenvalue weighted by atomic mass is 15.0. The number of rotatable bonds is 3. The van der Waals surface area contributed by atoms with Crippen LogP contribution in [0, 0.1) is 10.8 Å². The zero-order valence-corrected chi connectivity index (χ0v) is 21.8. The van der Waals surface area contributed by atoms with Crippen molar-refractivity contribution in [3.05, 3.63) is 145 Å². The number of nitrogen functional groups attached to an aromatic ring is 1. The van der Waals surface area contributed by atoms with Crippen LogP contribution < -0.4 is 5.73 Å². The van der Waals surface area contributed by atoms with Gasteiger partial charge < -0.3 is 10.3 Å². The first-order valence-corrected chi connectivity index (χ1v) is 13.0. The summed E-state index contributed by atoms with van der Waals surface area (Å²) in [6.45, 7) is 0. The summed E-state index contributed by atoms with van der Waals surface area (Å²) in [6.07, 6.45) is 8.97. The molecule has 1 aliphatic carbocycles. The first-order chi connectivity index (χ1) is 19.6. The fourth-order valence-electron chi connectivity index (χ4n) is 4.94. The Labute approximate surface area is 232 Å². The van der Waals surface area contributed by atoms with Crippen molar-refractivity contribution in [1.29, 1.82) is 10.8 Å². The highest BCUT2D eigenvalue weighted by Crippen LogP contribution is 2.34. The number of nitrogens with one attached hydrogen (secondary N) is 2. The second-order valence-corrected chi connectivity index (χ2v) is 9.54. The van der Waals surface area contributed by atoms with Gasteiger partial charge in [-0.25, -0.2) is 0 Å². The smallest absolute Gasteiger partial charge is 0.0795 e. The third-order valence-corrected chi connectivity index (χ3v) is 6.95. The second-order valence-electron chi connectivity index (χ2n) is 9.54. The maximum Gasteiger partial charge on any atom is 0.0795 e. The van der Waals surface area contributed by atoms with Crippen molar-refractivity contribution in [2.75, 3.05) is 5.73 Å². The number of pyridine rings is 1. The number of allylic oxidation sites excluding steroid dienone is 4. The van der Waals surface area contributed by atoms with E-state index in [1.54, 1.807) is 18.3 Å². The van der Waals surface area contributed by atoms with E-state index >= 15 is 0 Å². The average Bonchev–Trinajstić information content (AvgIpc) is 3.34. The van der Waals surface area contributed by atoms with Gasteiger partial charge in [-0.15, -0.1) is 0 Å².